The lowest BCUT2D eigenvalue weighted by Crippen LogP contribution is -2.31. The molecule has 0 aliphatic heterocycles. The first-order valence-corrected chi connectivity index (χ1v) is 5.77. The van der Waals surface area contributed by atoms with Gasteiger partial charge in [-0.3, -0.25) is 9.59 Å². The molecule has 0 bridgehead atoms. The lowest BCUT2D eigenvalue weighted by Gasteiger charge is -2.17. The summed E-state index contributed by atoms with van der Waals surface area (Å²) in [6.07, 6.45) is 0. The lowest BCUT2D eigenvalue weighted by molar-refractivity contribution is -0.143. The molecule has 0 radical (unpaired) electrons. The molecule has 1 amide bonds. The van der Waals surface area contributed by atoms with Crippen molar-refractivity contribution in [2.45, 2.75) is 27.3 Å². The van der Waals surface area contributed by atoms with Crippen LogP contribution in [0.1, 0.15) is 23.6 Å². The fourth-order valence-electron chi connectivity index (χ4n) is 2.07. The third-order valence-electron chi connectivity index (χ3n) is 2.79. The molecule has 1 aromatic rings. The smallest absolute Gasteiger partial charge is 0.289 e. The van der Waals surface area contributed by atoms with Gasteiger partial charge in [0.15, 0.2) is 0 Å². The van der Waals surface area contributed by atoms with E-state index in [0.717, 1.165) is 22.4 Å². The number of carbonyl (C=O) groups excluding carboxylic acids is 2. The second-order valence-corrected chi connectivity index (χ2v) is 4.48. The molecule has 98 valence electrons. The maximum Gasteiger partial charge on any atom is 0.289 e. The summed E-state index contributed by atoms with van der Waals surface area (Å²) in [5, 5.41) is 0. The van der Waals surface area contributed by atoms with Gasteiger partial charge in [0, 0.05) is 20.5 Å². The van der Waals surface area contributed by atoms with E-state index in [1.165, 1.54) is 11.8 Å². The molecule has 0 aliphatic carbocycles. The van der Waals surface area contributed by atoms with E-state index in [1.54, 1.807) is 14.2 Å². The molecule has 0 N–H and O–H groups in total. The molecule has 1 aromatic carbocycles. The van der Waals surface area contributed by atoms with E-state index in [4.69, 9.17) is 4.74 Å². The number of likely N-dealkylation sites (N-methyl/N-ethyl adjacent to an activating group) is 1. The Labute approximate surface area is 108 Å². The van der Waals surface area contributed by atoms with Gasteiger partial charge in [-0.1, -0.05) is 12.1 Å². The van der Waals surface area contributed by atoms with Gasteiger partial charge in [-0.2, -0.15) is 0 Å². The van der Waals surface area contributed by atoms with Gasteiger partial charge in [-0.25, -0.2) is 0 Å². The zero-order chi connectivity index (χ0) is 13.9. The van der Waals surface area contributed by atoms with Crippen LogP contribution in [0.4, 0.5) is 0 Å². The molecule has 1 rings (SSSR count). The minimum atomic E-state index is -0.471. The summed E-state index contributed by atoms with van der Waals surface area (Å²) in [7, 11) is 3.26. The van der Waals surface area contributed by atoms with Gasteiger partial charge >= 0.3 is 0 Å². The number of ether oxygens (including phenoxy) is 1. The summed E-state index contributed by atoms with van der Waals surface area (Å²) in [4.78, 5) is 23.9. The molecule has 4 nitrogen and oxygen atoms in total. The highest BCUT2D eigenvalue weighted by molar-refractivity contribution is 6.34. The molecule has 0 aromatic heterocycles. The van der Waals surface area contributed by atoms with Crippen LogP contribution in [0.15, 0.2) is 12.1 Å². The van der Waals surface area contributed by atoms with E-state index >= 15 is 0 Å². The number of Topliss-reactive ketones (excluding diaryl/α,β-unsaturated/α-hetero) is 1. The molecule has 0 heterocycles. The maximum absolute atomic E-state index is 11.5. The fraction of sp³-hybridized carbons (Fsp3) is 0.429. The van der Waals surface area contributed by atoms with Crippen LogP contribution in [0.2, 0.25) is 0 Å². The monoisotopic (exact) mass is 249 g/mol. The highest BCUT2D eigenvalue weighted by Crippen LogP contribution is 2.24. The first-order chi connectivity index (χ1) is 8.36. The summed E-state index contributed by atoms with van der Waals surface area (Å²) in [6.45, 7) is 5.62. The molecule has 0 spiro atoms. The average Bonchev–Trinajstić information content (AvgIpc) is 2.27. The van der Waals surface area contributed by atoms with Crippen molar-refractivity contribution in [3.05, 3.63) is 28.8 Å². The van der Waals surface area contributed by atoms with E-state index in [1.807, 2.05) is 26.0 Å². The zero-order valence-corrected chi connectivity index (χ0v) is 11.5. The van der Waals surface area contributed by atoms with Crippen LogP contribution in [0.3, 0.4) is 0 Å². The number of ketones is 1. The minimum absolute atomic E-state index is 0.421. The first-order valence-electron chi connectivity index (χ1n) is 5.77. The molecule has 0 fully saturated rings. The Morgan fingerprint density at radius 1 is 1.22 bits per heavy atom. The molecule has 4 heteroatoms. The lowest BCUT2D eigenvalue weighted by atomic mass is 10.1. The number of nitrogens with zero attached hydrogens (tertiary/aromatic N) is 1. The van der Waals surface area contributed by atoms with E-state index in [-0.39, 0.29) is 0 Å². The number of rotatable bonds is 4. The number of amides is 1. The molecule has 0 saturated carbocycles. The molecule has 0 atom stereocenters. The van der Waals surface area contributed by atoms with Gasteiger partial charge in [0.25, 0.3) is 5.91 Å². The molecule has 0 unspecified atom stereocenters. The van der Waals surface area contributed by atoms with E-state index in [0.29, 0.717) is 6.54 Å². The van der Waals surface area contributed by atoms with Gasteiger partial charge in [-0.05, 0) is 30.5 Å². The fourth-order valence-corrected chi connectivity index (χ4v) is 2.07. The second-order valence-electron chi connectivity index (χ2n) is 4.48. The number of methoxy groups -OCH3 is 1. The SMILES string of the molecule is COc1c(C)cc(CN(C)C(=O)C(C)=O)cc1C. The highest BCUT2D eigenvalue weighted by atomic mass is 16.5. The van der Waals surface area contributed by atoms with E-state index in [2.05, 4.69) is 0 Å². The quantitative estimate of drug-likeness (QED) is 0.765. The summed E-state index contributed by atoms with van der Waals surface area (Å²) >= 11 is 0. The summed E-state index contributed by atoms with van der Waals surface area (Å²) in [6, 6.07) is 3.94. The Balaban J connectivity index is 2.93. The van der Waals surface area contributed by atoms with Crippen molar-refractivity contribution in [2.24, 2.45) is 0 Å². The maximum atomic E-state index is 11.5. The van der Waals surface area contributed by atoms with Crippen LogP contribution in [0.5, 0.6) is 5.75 Å². The predicted molar refractivity (Wildman–Crippen MR) is 69.6 cm³/mol. The Morgan fingerprint density at radius 3 is 2.11 bits per heavy atom. The van der Waals surface area contributed by atoms with Crippen LogP contribution >= 0.6 is 0 Å². The summed E-state index contributed by atoms with van der Waals surface area (Å²) in [5.74, 6) is -0.0557. The standard InChI is InChI=1S/C14H19NO3/c1-9-6-12(7-10(2)13(9)18-5)8-15(4)14(17)11(3)16/h6-7H,8H2,1-5H3. The number of carbonyl (C=O) groups is 2. The Hall–Kier alpha value is -1.84. The van der Waals surface area contributed by atoms with Gasteiger partial charge in [0.2, 0.25) is 5.78 Å². The summed E-state index contributed by atoms with van der Waals surface area (Å²) < 4.78 is 5.29. The van der Waals surface area contributed by atoms with Crippen molar-refractivity contribution in [1.82, 2.24) is 4.90 Å². The van der Waals surface area contributed by atoms with Crippen molar-refractivity contribution < 1.29 is 14.3 Å². The summed E-state index contributed by atoms with van der Waals surface area (Å²) in [5.41, 5.74) is 3.04. The van der Waals surface area contributed by atoms with Crippen molar-refractivity contribution in [1.29, 1.82) is 0 Å². The van der Waals surface area contributed by atoms with Crippen LogP contribution in [-0.4, -0.2) is 30.7 Å². The Bertz CT molecular complexity index is 457. The normalized spacial score (nSPS) is 10.1. The van der Waals surface area contributed by atoms with E-state index < -0.39 is 11.7 Å². The average molecular weight is 249 g/mol. The third-order valence-corrected chi connectivity index (χ3v) is 2.79. The van der Waals surface area contributed by atoms with Gasteiger partial charge in [0.1, 0.15) is 5.75 Å². The van der Waals surface area contributed by atoms with Gasteiger partial charge < -0.3 is 9.64 Å². The topological polar surface area (TPSA) is 46.6 Å². The molecule has 0 saturated heterocycles. The number of hydrogen-bond acceptors (Lipinski definition) is 3. The van der Waals surface area contributed by atoms with Crippen LogP contribution in [0, 0.1) is 13.8 Å². The highest BCUT2D eigenvalue weighted by Gasteiger charge is 2.15. The Morgan fingerprint density at radius 2 is 1.72 bits per heavy atom. The second kappa shape index (κ2) is 5.67. The molecule has 0 aliphatic rings. The molecule has 18 heavy (non-hydrogen) atoms. The van der Waals surface area contributed by atoms with Gasteiger partial charge in [-0.15, -0.1) is 0 Å². The minimum Gasteiger partial charge on any atom is -0.496 e. The number of benzene rings is 1. The zero-order valence-electron chi connectivity index (χ0n) is 11.5. The van der Waals surface area contributed by atoms with E-state index in [9.17, 15) is 9.59 Å². The van der Waals surface area contributed by atoms with Crippen molar-refractivity contribution in [3.63, 3.8) is 0 Å². The van der Waals surface area contributed by atoms with Crippen LogP contribution in [-0.2, 0) is 16.1 Å². The number of hydrogen-bond donors (Lipinski definition) is 0. The molecular formula is C14H19NO3. The van der Waals surface area contributed by atoms with Crippen LogP contribution < -0.4 is 4.74 Å². The largest absolute Gasteiger partial charge is 0.496 e. The van der Waals surface area contributed by atoms with Crippen LogP contribution in [0.25, 0.3) is 0 Å². The van der Waals surface area contributed by atoms with Gasteiger partial charge in [0.05, 0.1) is 7.11 Å². The Kier molecular flexibility index (Phi) is 4.48. The van der Waals surface area contributed by atoms with Crippen molar-refractivity contribution >= 4 is 11.7 Å². The van der Waals surface area contributed by atoms with Crippen molar-refractivity contribution in [3.8, 4) is 5.75 Å². The van der Waals surface area contributed by atoms with Crippen molar-refractivity contribution in [2.75, 3.05) is 14.2 Å². The predicted octanol–water partition coefficient (Wildman–Crippen LogP) is 1.86. The first kappa shape index (κ1) is 14.2. The molecular weight excluding hydrogens is 230 g/mol. The number of aryl methyl sites for hydroxylation is 2. The third kappa shape index (κ3) is 3.09.